The zero-order chi connectivity index (χ0) is 19.2. The molecule has 0 aliphatic heterocycles. The first-order chi connectivity index (χ1) is 12.2. The molecule has 0 fully saturated rings. The van der Waals surface area contributed by atoms with E-state index in [0.717, 1.165) is 24.2 Å². The van der Waals surface area contributed by atoms with Crippen LogP contribution in [-0.4, -0.2) is 74.9 Å². The minimum Gasteiger partial charge on any atom is -0.317 e. The van der Waals surface area contributed by atoms with E-state index >= 15 is 0 Å². The van der Waals surface area contributed by atoms with Crippen molar-refractivity contribution in [1.29, 1.82) is 0 Å². The van der Waals surface area contributed by atoms with Crippen LogP contribution in [0.2, 0.25) is 0 Å². The second kappa shape index (κ2) is 8.39. The summed E-state index contributed by atoms with van der Waals surface area (Å²) in [6.07, 6.45) is 0. The van der Waals surface area contributed by atoms with E-state index in [-0.39, 0.29) is 11.6 Å². The second-order valence-corrected chi connectivity index (χ2v) is 8.21. The Morgan fingerprint density at radius 3 is 1.23 bits per heavy atom. The van der Waals surface area contributed by atoms with E-state index in [9.17, 15) is 9.59 Å². The number of carbonyl (C=O) groups excluding carboxylic acids is 2. The molecule has 0 heterocycles. The first kappa shape index (κ1) is 20.0. The number of Topliss-reactive ketones (excluding diaryl/α,β-unsaturated/α-hetero) is 2. The van der Waals surface area contributed by atoms with Crippen LogP contribution in [0.3, 0.4) is 0 Å². The second-order valence-electron chi connectivity index (χ2n) is 8.21. The van der Waals surface area contributed by atoms with Crippen LogP contribution in [0.4, 0.5) is 0 Å². The maximum atomic E-state index is 12.5. The molecule has 0 saturated heterocycles. The number of hydrogen-bond acceptors (Lipinski definition) is 2. The smallest absolute Gasteiger partial charge is 0.216 e. The van der Waals surface area contributed by atoms with Crippen molar-refractivity contribution in [3.63, 3.8) is 0 Å². The molecule has 0 saturated carbocycles. The Bertz CT molecular complexity index is 672. The molecule has 0 aromatic heterocycles. The Hall–Kier alpha value is -2.30. The van der Waals surface area contributed by atoms with E-state index in [1.54, 1.807) is 0 Å². The number of likely N-dealkylation sites (N-methyl/N-ethyl adjacent to an activating group) is 2. The lowest BCUT2D eigenvalue weighted by atomic mass is 10.1. The average molecular weight is 354 g/mol. The minimum atomic E-state index is 0.154. The molecule has 4 nitrogen and oxygen atoms in total. The highest BCUT2D eigenvalue weighted by molar-refractivity contribution is 5.97. The molecular weight excluding hydrogens is 324 g/mol. The monoisotopic (exact) mass is 354 g/mol. The standard InChI is InChI=1S/C22H30N2O2/c1-23(2,17-21(25)19-11-7-5-8-12-19)15-16-24(3,4)18-22(26)20-13-9-6-10-14-20/h5-14H,15-18H2,1-4H3/q+2. The van der Waals surface area contributed by atoms with E-state index in [1.807, 2.05) is 60.7 Å². The molecule has 0 atom stereocenters. The van der Waals surface area contributed by atoms with Crippen LogP contribution >= 0.6 is 0 Å². The molecule has 0 radical (unpaired) electrons. The lowest BCUT2D eigenvalue weighted by Crippen LogP contribution is -2.53. The van der Waals surface area contributed by atoms with E-state index in [1.165, 1.54) is 0 Å². The van der Waals surface area contributed by atoms with Crippen molar-refractivity contribution >= 4 is 11.6 Å². The Labute approximate surface area is 156 Å². The number of ketones is 2. The highest BCUT2D eigenvalue weighted by Gasteiger charge is 2.27. The fourth-order valence-corrected chi connectivity index (χ4v) is 2.91. The molecular formula is C22H30N2O2+2. The maximum Gasteiger partial charge on any atom is 0.216 e. The van der Waals surface area contributed by atoms with Gasteiger partial charge in [-0.05, 0) is 0 Å². The highest BCUT2D eigenvalue weighted by atomic mass is 16.1. The van der Waals surface area contributed by atoms with Gasteiger partial charge in [-0.15, -0.1) is 0 Å². The molecule has 0 N–H and O–H groups in total. The normalized spacial score (nSPS) is 12.0. The number of carbonyl (C=O) groups is 2. The van der Waals surface area contributed by atoms with Gasteiger partial charge >= 0.3 is 0 Å². The molecule has 138 valence electrons. The summed E-state index contributed by atoms with van der Waals surface area (Å²) in [7, 11) is 8.28. The molecule has 0 aliphatic carbocycles. The minimum absolute atomic E-state index is 0.154. The van der Waals surface area contributed by atoms with Gasteiger partial charge in [0.15, 0.2) is 0 Å². The molecule has 0 unspecified atom stereocenters. The van der Waals surface area contributed by atoms with Crippen molar-refractivity contribution in [3.05, 3.63) is 71.8 Å². The molecule has 0 aliphatic rings. The Morgan fingerprint density at radius 2 is 0.923 bits per heavy atom. The van der Waals surface area contributed by atoms with Gasteiger partial charge in [0.05, 0.1) is 28.2 Å². The fraction of sp³-hybridized carbons (Fsp3) is 0.364. The molecule has 2 aromatic carbocycles. The third-order valence-corrected chi connectivity index (χ3v) is 4.65. The zero-order valence-corrected chi connectivity index (χ0v) is 16.3. The predicted octanol–water partition coefficient (Wildman–Crippen LogP) is 2.91. The number of benzene rings is 2. The quantitative estimate of drug-likeness (QED) is 0.513. The molecule has 4 heteroatoms. The van der Waals surface area contributed by atoms with Gasteiger partial charge in [0.2, 0.25) is 11.6 Å². The van der Waals surface area contributed by atoms with Gasteiger partial charge in [0.25, 0.3) is 0 Å². The fourth-order valence-electron chi connectivity index (χ4n) is 2.91. The lowest BCUT2D eigenvalue weighted by molar-refractivity contribution is -0.938. The summed E-state index contributed by atoms with van der Waals surface area (Å²) in [5.41, 5.74) is 1.51. The number of nitrogens with zero attached hydrogens (tertiary/aromatic N) is 2. The van der Waals surface area contributed by atoms with Crippen LogP contribution in [0.1, 0.15) is 20.7 Å². The number of rotatable bonds is 9. The van der Waals surface area contributed by atoms with Crippen molar-refractivity contribution in [1.82, 2.24) is 0 Å². The number of quaternary nitrogens is 2. The third-order valence-electron chi connectivity index (χ3n) is 4.65. The molecule has 0 bridgehead atoms. The van der Waals surface area contributed by atoms with Crippen molar-refractivity contribution < 1.29 is 18.6 Å². The van der Waals surface area contributed by atoms with Gasteiger partial charge in [0, 0.05) is 11.1 Å². The predicted molar refractivity (Wildman–Crippen MR) is 105 cm³/mol. The van der Waals surface area contributed by atoms with Crippen LogP contribution in [-0.2, 0) is 0 Å². The largest absolute Gasteiger partial charge is 0.317 e. The van der Waals surface area contributed by atoms with Gasteiger partial charge < -0.3 is 8.97 Å². The molecule has 26 heavy (non-hydrogen) atoms. The maximum absolute atomic E-state index is 12.5. The Balaban J connectivity index is 1.90. The lowest BCUT2D eigenvalue weighted by Gasteiger charge is -2.35. The molecule has 0 spiro atoms. The summed E-state index contributed by atoms with van der Waals surface area (Å²) >= 11 is 0. The van der Waals surface area contributed by atoms with Crippen LogP contribution < -0.4 is 0 Å². The zero-order valence-electron chi connectivity index (χ0n) is 16.3. The van der Waals surface area contributed by atoms with Crippen molar-refractivity contribution in [3.8, 4) is 0 Å². The van der Waals surface area contributed by atoms with Gasteiger partial charge in [-0.25, -0.2) is 0 Å². The van der Waals surface area contributed by atoms with Crippen molar-refractivity contribution in [2.75, 3.05) is 54.4 Å². The summed E-state index contributed by atoms with van der Waals surface area (Å²) in [5, 5.41) is 0. The van der Waals surface area contributed by atoms with Crippen LogP contribution in [0.5, 0.6) is 0 Å². The number of hydrogen-bond donors (Lipinski definition) is 0. The van der Waals surface area contributed by atoms with E-state index < -0.39 is 0 Å². The Kier molecular flexibility index (Phi) is 6.46. The van der Waals surface area contributed by atoms with E-state index in [0.29, 0.717) is 22.1 Å². The molecule has 0 amide bonds. The summed E-state index contributed by atoms with van der Waals surface area (Å²) in [6, 6.07) is 18.8. The first-order valence-electron chi connectivity index (χ1n) is 8.99. The van der Waals surface area contributed by atoms with Gasteiger partial charge in [-0.2, -0.15) is 0 Å². The van der Waals surface area contributed by atoms with Gasteiger partial charge in [-0.3, -0.25) is 9.59 Å². The van der Waals surface area contributed by atoms with E-state index in [4.69, 9.17) is 0 Å². The summed E-state index contributed by atoms with van der Waals surface area (Å²) in [5.74, 6) is 0.308. The Morgan fingerprint density at radius 1 is 0.615 bits per heavy atom. The van der Waals surface area contributed by atoms with Crippen LogP contribution in [0, 0.1) is 0 Å². The summed E-state index contributed by atoms with van der Waals surface area (Å²) in [6.45, 7) is 2.56. The average Bonchev–Trinajstić information content (AvgIpc) is 2.61. The first-order valence-corrected chi connectivity index (χ1v) is 8.99. The van der Waals surface area contributed by atoms with Gasteiger partial charge in [-0.1, -0.05) is 60.7 Å². The van der Waals surface area contributed by atoms with Crippen molar-refractivity contribution in [2.45, 2.75) is 0 Å². The van der Waals surface area contributed by atoms with E-state index in [2.05, 4.69) is 28.2 Å². The molecule has 2 rings (SSSR count). The summed E-state index contributed by atoms with van der Waals surface area (Å²) in [4.78, 5) is 24.9. The molecule has 2 aromatic rings. The topological polar surface area (TPSA) is 34.1 Å². The highest BCUT2D eigenvalue weighted by Crippen LogP contribution is 2.09. The van der Waals surface area contributed by atoms with Crippen LogP contribution in [0.25, 0.3) is 0 Å². The van der Waals surface area contributed by atoms with Gasteiger partial charge in [0.1, 0.15) is 26.2 Å². The third kappa shape index (κ3) is 6.21. The van der Waals surface area contributed by atoms with Crippen LogP contribution in [0.15, 0.2) is 60.7 Å². The summed E-state index contributed by atoms with van der Waals surface area (Å²) < 4.78 is 1.21. The SMILES string of the molecule is C[N+](C)(CC[N+](C)(C)CC(=O)c1ccccc1)CC(=O)c1ccccc1. The van der Waals surface area contributed by atoms with Crippen molar-refractivity contribution in [2.24, 2.45) is 0 Å².